The second-order valence-electron chi connectivity index (χ2n) is 6.76. The van der Waals surface area contributed by atoms with Crippen molar-refractivity contribution in [1.82, 2.24) is 4.98 Å². The molecule has 8 heteroatoms. The van der Waals surface area contributed by atoms with Gasteiger partial charge in [-0.05, 0) is 25.5 Å². The molecule has 1 aliphatic heterocycles. The van der Waals surface area contributed by atoms with Crippen LogP contribution in [0.5, 0.6) is 0 Å². The van der Waals surface area contributed by atoms with Gasteiger partial charge in [0.05, 0.1) is 21.7 Å². The summed E-state index contributed by atoms with van der Waals surface area (Å²) in [6.07, 6.45) is 2.80. The van der Waals surface area contributed by atoms with Gasteiger partial charge in [0.25, 0.3) is 5.69 Å². The van der Waals surface area contributed by atoms with E-state index < -0.39 is 0 Å². The Bertz CT molecular complexity index is 1000. The average Bonchev–Trinajstić information content (AvgIpc) is 2.89. The predicted octanol–water partition coefficient (Wildman–Crippen LogP) is 3.81. The maximum atomic E-state index is 11.3. The smallest absolute Gasteiger partial charge is 0.274 e. The molecule has 1 fully saturated rings. The molecule has 1 saturated heterocycles. The molecule has 0 radical (unpaired) electrons. The largest absolute Gasteiger partial charge is 0.397 e. The Morgan fingerprint density at radius 3 is 2.78 bits per heavy atom. The lowest BCUT2D eigenvalue weighted by Gasteiger charge is -2.25. The molecule has 1 aliphatic rings. The summed E-state index contributed by atoms with van der Waals surface area (Å²) in [6, 6.07) is 7.51. The number of pyridine rings is 1. The minimum absolute atomic E-state index is 0.176. The van der Waals surface area contributed by atoms with E-state index in [0.717, 1.165) is 59.9 Å². The Balaban J connectivity index is 1.58. The van der Waals surface area contributed by atoms with Crippen LogP contribution in [0.3, 0.4) is 0 Å². The van der Waals surface area contributed by atoms with Gasteiger partial charge in [-0.25, -0.2) is 4.98 Å². The number of anilines is 3. The molecular weight excluding hydrogens is 362 g/mol. The number of nitrogens with two attached hydrogens (primary N) is 1. The zero-order valence-electron chi connectivity index (χ0n) is 15.1. The first-order valence-electron chi connectivity index (χ1n) is 8.91. The number of thiophene rings is 1. The number of hydrogen-bond acceptors (Lipinski definition) is 7. The molecule has 0 unspecified atom stereocenters. The van der Waals surface area contributed by atoms with Crippen LogP contribution in [0.15, 0.2) is 35.8 Å². The predicted molar refractivity (Wildman–Crippen MR) is 111 cm³/mol. The Hall–Kier alpha value is -2.87. The molecule has 4 rings (SSSR count). The quantitative estimate of drug-likeness (QED) is 0.546. The molecule has 0 spiro atoms. The molecule has 7 nitrogen and oxygen atoms in total. The van der Waals surface area contributed by atoms with E-state index in [1.54, 1.807) is 24.3 Å². The third-order valence-electron chi connectivity index (χ3n) is 5.07. The molecule has 0 saturated carbocycles. The molecule has 0 atom stereocenters. The van der Waals surface area contributed by atoms with Crippen LogP contribution in [0.25, 0.3) is 10.2 Å². The number of nitrogens with zero attached hydrogens (tertiary/aromatic N) is 4. The lowest BCUT2D eigenvalue weighted by Crippen LogP contribution is -2.30. The lowest BCUT2D eigenvalue weighted by molar-refractivity contribution is -0.385. The summed E-state index contributed by atoms with van der Waals surface area (Å²) in [7, 11) is 0. The fourth-order valence-electron chi connectivity index (χ4n) is 3.64. The van der Waals surface area contributed by atoms with E-state index in [2.05, 4.69) is 14.8 Å². The van der Waals surface area contributed by atoms with Crippen LogP contribution in [0, 0.1) is 17.0 Å². The van der Waals surface area contributed by atoms with Crippen LogP contribution in [0.4, 0.5) is 22.7 Å². The van der Waals surface area contributed by atoms with Crippen LogP contribution in [-0.4, -0.2) is 36.1 Å². The monoisotopic (exact) mass is 383 g/mol. The lowest BCUT2D eigenvalue weighted by atomic mass is 10.1. The number of nitro groups is 1. The van der Waals surface area contributed by atoms with E-state index in [4.69, 9.17) is 5.73 Å². The van der Waals surface area contributed by atoms with Crippen molar-refractivity contribution in [1.29, 1.82) is 0 Å². The van der Waals surface area contributed by atoms with Gasteiger partial charge >= 0.3 is 0 Å². The number of nitro benzene ring substituents is 1. The van der Waals surface area contributed by atoms with Crippen molar-refractivity contribution in [3.63, 3.8) is 0 Å². The fraction of sp³-hybridized carbons (Fsp3) is 0.316. The van der Waals surface area contributed by atoms with Crippen molar-refractivity contribution in [3.05, 3.63) is 51.5 Å². The Kier molecular flexibility index (Phi) is 4.57. The SMILES string of the molecule is Cc1ccc(N2CCCN(c3ccnc4scc(N)c34)CC2)cc1[N+](=O)[O-]. The Morgan fingerprint density at radius 2 is 1.96 bits per heavy atom. The van der Waals surface area contributed by atoms with Crippen LogP contribution >= 0.6 is 11.3 Å². The van der Waals surface area contributed by atoms with E-state index in [0.29, 0.717) is 5.56 Å². The van der Waals surface area contributed by atoms with Crippen molar-refractivity contribution in [3.8, 4) is 0 Å². The zero-order valence-corrected chi connectivity index (χ0v) is 15.9. The summed E-state index contributed by atoms with van der Waals surface area (Å²) in [5.74, 6) is 0. The van der Waals surface area contributed by atoms with Gasteiger partial charge in [0.15, 0.2) is 0 Å². The van der Waals surface area contributed by atoms with E-state index >= 15 is 0 Å². The molecular formula is C19H21N5O2S. The average molecular weight is 383 g/mol. The van der Waals surface area contributed by atoms with E-state index in [1.807, 2.05) is 29.8 Å². The maximum absolute atomic E-state index is 11.3. The molecule has 27 heavy (non-hydrogen) atoms. The number of aromatic nitrogens is 1. The van der Waals surface area contributed by atoms with Crippen LogP contribution in [0.2, 0.25) is 0 Å². The molecule has 3 heterocycles. The highest BCUT2D eigenvalue weighted by atomic mass is 32.1. The standard InChI is InChI=1S/C19H21N5O2S/c1-13-3-4-14(11-17(13)24(25)26)22-7-2-8-23(10-9-22)16-5-6-21-19-18(16)15(20)12-27-19/h3-6,11-12H,2,7-10,20H2,1H3. The number of nitrogen functional groups attached to an aromatic ring is 1. The van der Waals surface area contributed by atoms with Gasteiger partial charge in [0.1, 0.15) is 4.83 Å². The first-order valence-corrected chi connectivity index (χ1v) is 9.79. The molecule has 2 aromatic heterocycles. The first kappa shape index (κ1) is 17.5. The molecule has 3 aromatic rings. The summed E-state index contributed by atoms with van der Waals surface area (Å²) in [5, 5.41) is 14.2. The molecule has 0 aliphatic carbocycles. The zero-order chi connectivity index (χ0) is 19.0. The topological polar surface area (TPSA) is 88.5 Å². The van der Waals surface area contributed by atoms with Gasteiger partial charge in [-0.15, -0.1) is 11.3 Å². The highest BCUT2D eigenvalue weighted by Gasteiger charge is 2.20. The van der Waals surface area contributed by atoms with Crippen molar-refractivity contribution < 1.29 is 4.92 Å². The van der Waals surface area contributed by atoms with Crippen LogP contribution < -0.4 is 15.5 Å². The summed E-state index contributed by atoms with van der Waals surface area (Å²) in [5.41, 5.74) is 9.83. The number of benzene rings is 1. The van der Waals surface area contributed by atoms with E-state index in [9.17, 15) is 10.1 Å². The minimum atomic E-state index is -0.310. The van der Waals surface area contributed by atoms with Crippen molar-refractivity contribution in [2.45, 2.75) is 13.3 Å². The van der Waals surface area contributed by atoms with Crippen molar-refractivity contribution in [2.75, 3.05) is 41.7 Å². The van der Waals surface area contributed by atoms with Gasteiger partial charge < -0.3 is 15.5 Å². The highest BCUT2D eigenvalue weighted by molar-refractivity contribution is 7.17. The number of fused-ring (bicyclic) bond motifs is 1. The number of aryl methyl sites for hydroxylation is 1. The summed E-state index contributed by atoms with van der Waals surface area (Å²) in [4.78, 5) is 20.9. The molecule has 0 amide bonds. The van der Waals surface area contributed by atoms with Gasteiger partial charge in [0.2, 0.25) is 0 Å². The van der Waals surface area contributed by atoms with Crippen LogP contribution in [-0.2, 0) is 0 Å². The second-order valence-corrected chi connectivity index (χ2v) is 7.61. The van der Waals surface area contributed by atoms with Crippen molar-refractivity contribution in [2.24, 2.45) is 0 Å². The normalized spacial score (nSPS) is 15.1. The molecule has 1 aromatic carbocycles. The first-order chi connectivity index (χ1) is 13.0. The number of hydrogen-bond donors (Lipinski definition) is 1. The molecule has 2 N–H and O–H groups in total. The summed E-state index contributed by atoms with van der Waals surface area (Å²) >= 11 is 1.56. The third kappa shape index (κ3) is 3.28. The van der Waals surface area contributed by atoms with Gasteiger partial charge in [-0.2, -0.15) is 0 Å². The van der Waals surface area contributed by atoms with E-state index in [1.165, 1.54) is 0 Å². The highest BCUT2D eigenvalue weighted by Crippen LogP contribution is 2.35. The minimum Gasteiger partial charge on any atom is -0.397 e. The summed E-state index contributed by atoms with van der Waals surface area (Å²) in [6.45, 7) is 5.18. The third-order valence-corrected chi connectivity index (χ3v) is 5.98. The van der Waals surface area contributed by atoms with Crippen LogP contribution in [0.1, 0.15) is 12.0 Å². The van der Waals surface area contributed by atoms with Crippen molar-refractivity contribution >= 4 is 44.3 Å². The molecule has 140 valence electrons. The summed E-state index contributed by atoms with van der Waals surface area (Å²) < 4.78 is 0. The Morgan fingerprint density at radius 1 is 1.19 bits per heavy atom. The number of rotatable bonds is 3. The van der Waals surface area contributed by atoms with Gasteiger partial charge in [-0.1, -0.05) is 6.07 Å². The maximum Gasteiger partial charge on any atom is 0.274 e. The van der Waals surface area contributed by atoms with Gasteiger partial charge in [-0.3, -0.25) is 10.1 Å². The molecule has 0 bridgehead atoms. The van der Waals surface area contributed by atoms with Gasteiger partial charge in [0, 0.05) is 55.1 Å². The second kappa shape index (κ2) is 7.03. The fourth-order valence-corrected chi connectivity index (χ4v) is 4.46. The van der Waals surface area contributed by atoms with E-state index in [-0.39, 0.29) is 10.6 Å². The Labute approximate surface area is 161 Å².